The third kappa shape index (κ3) is 5.39. The van der Waals surface area contributed by atoms with Gasteiger partial charge in [0.05, 0.1) is 22.6 Å². The summed E-state index contributed by atoms with van der Waals surface area (Å²) in [6.45, 7) is 0. The number of rotatable bonds is 8. The van der Waals surface area contributed by atoms with Gasteiger partial charge in [-0.25, -0.2) is 4.79 Å². The van der Waals surface area contributed by atoms with E-state index < -0.39 is 34.1 Å². The van der Waals surface area contributed by atoms with Crippen LogP contribution in [0.2, 0.25) is 0 Å². The summed E-state index contributed by atoms with van der Waals surface area (Å²) in [5.74, 6) is -2.39. The molecule has 212 valence electrons. The molecule has 6 aromatic rings. The molecule has 0 bridgehead atoms. The normalized spacial score (nSPS) is 12.2. The highest BCUT2D eigenvalue weighted by Gasteiger charge is 2.32. The molecule has 1 unspecified atom stereocenters. The molecule has 1 heterocycles. The molecule has 0 saturated heterocycles. The number of benzene rings is 5. The van der Waals surface area contributed by atoms with Crippen LogP contribution in [0.1, 0.15) is 27.4 Å². The van der Waals surface area contributed by atoms with E-state index >= 15 is 0 Å². The highest BCUT2D eigenvalue weighted by atomic mass is 32.2. The van der Waals surface area contributed by atoms with Crippen molar-refractivity contribution >= 4 is 49.9 Å². The second-order valence-corrected chi connectivity index (χ2v) is 10.2. The number of aromatic hydroxyl groups is 1. The van der Waals surface area contributed by atoms with E-state index in [1.807, 2.05) is 30.3 Å². The zero-order valence-corrected chi connectivity index (χ0v) is 23.2. The molecule has 43 heavy (non-hydrogen) atoms. The molecule has 1 N–H and O–H groups in total. The Hall–Kier alpha value is -5.61. The maximum atomic E-state index is 13.8. The summed E-state index contributed by atoms with van der Waals surface area (Å²) in [5.41, 5.74) is -0.493. The van der Waals surface area contributed by atoms with Gasteiger partial charge in [0.25, 0.3) is 11.0 Å². The van der Waals surface area contributed by atoms with Gasteiger partial charge in [-0.05, 0) is 29.1 Å². The fourth-order valence-corrected chi connectivity index (χ4v) is 5.31. The van der Waals surface area contributed by atoms with Gasteiger partial charge in [0.1, 0.15) is 5.75 Å². The number of fused-ring (bicyclic) bond motifs is 2. The summed E-state index contributed by atoms with van der Waals surface area (Å²) in [7, 11) is -3.37. The van der Waals surface area contributed by atoms with Crippen LogP contribution in [0.5, 0.6) is 11.5 Å². The van der Waals surface area contributed by atoms with E-state index in [4.69, 9.17) is 8.60 Å². The Kier molecular flexibility index (Phi) is 7.50. The molecular weight excluding hydrogens is 568 g/mol. The van der Waals surface area contributed by atoms with Crippen LogP contribution in [0.15, 0.2) is 135 Å². The van der Waals surface area contributed by atoms with Crippen LogP contribution >= 0.6 is 0 Å². The number of ketones is 1. The minimum Gasteiger partial charge on any atom is -0.507 e. The van der Waals surface area contributed by atoms with Crippen molar-refractivity contribution in [1.29, 1.82) is 0 Å². The second-order valence-electron chi connectivity index (χ2n) is 9.53. The van der Waals surface area contributed by atoms with Gasteiger partial charge in [0, 0.05) is 10.9 Å². The monoisotopic (exact) mass is 590 g/mol. The summed E-state index contributed by atoms with van der Waals surface area (Å²) in [6.07, 6.45) is 0. The van der Waals surface area contributed by atoms with E-state index in [0.717, 1.165) is 10.8 Å². The molecule has 6 rings (SSSR count). The molecule has 10 heteroatoms. The maximum Gasteiger partial charge on any atom is 0.344 e. The molecule has 1 aromatic heterocycles. The first-order valence-corrected chi connectivity index (χ1v) is 14.2. The van der Waals surface area contributed by atoms with E-state index in [1.165, 1.54) is 12.1 Å². The van der Waals surface area contributed by atoms with E-state index in [9.17, 15) is 23.1 Å². The number of azo groups is 1. The predicted octanol–water partition coefficient (Wildman–Crippen LogP) is 6.99. The van der Waals surface area contributed by atoms with Crippen molar-refractivity contribution in [2.45, 2.75) is 5.92 Å². The lowest BCUT2D eigenvalue weighted by molar-refractivity contribution is 0.0971. The third-order valence-electron chi connectivity index (χ3n) is 6.96. The SMILES string of the molecule is O=C(c1ccccc1)C(c1ccccc1)c1c(O)c2ccc(O[SH](=O)=O)c(/N=N/c3cccc4ccccc34)c2oc1=O. The number of hydrogen-bond acceptors (Lipinski definition) is 9. The van der Waals surface area contributed by atoms with Gasteiger partial charge in [-0.1, -0.05) is 97.1 Å². The molecule has 0 radical (unpaired) electrons. The summed E-state index contributed by atoms with van der Waals surface area (Å²) < 4.78 is 33.7. The van der Waals surface area contributed by atoms with E-state index in [-0.39, 0.29) is 28.0 Å². The minimum atomic E-state index is -3.37. The molecule has 0 spiro atoms. The number of thiol groups is 1. The standard InChI is InChI=1S/C33H22N2O7S/c36-30(22-13-5-2-6-14-22)27(21-11-3-1-4-12-21)28-31(37)24-18-19-26(42-43(39)40)29(32(24)41-33(28)38)35-34-25-17-9-15-20-10-7-8-16-23(20)25/h1-19,27,37,43H/b35-34+. The number of Topliss-reactive ketones (excluding diaryl/α,β-unsaturated/α-hetero) is 1. The van der Waals surface area contributed by atoms with E-state index in [0.29, 0.717) is 16.8 Å². The summed E-state index contributed by atoms with van der Waals surface area (Å²) in [6, 6.07) is 32.5. The van der Waals surface area contributed by atoms with Crippen LogP contribution in [0.25, 0.3) is 21.7 Å². The smallest absolute Gasteiger partial charge is 0.344 e. The van der Waals surface area contributed by atoms with Gasteiger partial charge in [-0.3, -0.25) is 4.79 Å². The molecule has 5 aromatic carbocycles. The lowest BCUT2D eigenvalue weighted by Gasteiger charge is -2.18. The zero-order valence-electron chi connectivity index (χ0n) is 22.3. The average molecular weight is 591 g/mol. The Morgan fingerprint density at radius 1 is 0.767 bits per heavy atom. The van der Waals surface area contributed by atoms with Gasteiger partial charge in [0.15, 0.2) is 22.8 Å². The van der Waals surface area contributed by atoms with Crippen molar-refractivity contribution < 1.29 is 26.9 Å². The van der Waals surface area contributed by atoms with Crippen molar-refractivity contribution in [3.63, 3.8) is 0 Å². The van der Waals surface area contributed by atoms with Gasteiger partial charge < -0.3 is 13.7 Å². The molecule has 0 fully saturated rings. The van der Waals surface area contributed by atoms with Crippen LogP contribution in [0.4, 0.5) is 11.4 Å². The fourth-order valence-electron chi connectivity index (χ4n) is 5.00. The molecule has 0 amide bonds. The predicted molar refractivity (Wildman–Crippen MR) is 162 cm³/mol. The number of carbonyl (C=O) groups excluding carboxylic acids is 1. The molecule has 9 nitrogen and oxygen atoms in total. The van der Waals surface area contributed by atoms with Crippen LogP contribution in [-0.4, -0.2) is 19.3 Å². The van der Waals surface area contributed by atoms with Crippen molar-refractivity contribution in [3.05, 3.63) is 142 Å². The summed E-state index contributed by atoms with van der Waals surface area (Å²) >= 11 is 0. The van der Waals surface area contributed by atoms with Crippen LogP contribution in [0.3, 0.4) is 0 Å². The minimum absolute atomic E-state index is 0.0109. The highest BCUT2D eigenvalue weighted by Crippen LogP contribution is 2.43. The van der Waals surface area contributed by atoms with Gasteiger partial charge >= 0.3 is 5.63 Å². The van der Waals surface area contributed by atoms with Gasteiger partial charge in [0.2, 0.25) is 0 Å². The average Bonchev–Trinajstić information content (AvgIpc) is 3.03. The van der Waals surface area contributed by atoms with E-state index in [1.54, 1.807) is 72.8 Å². The third-order valence-corrected chi connectivity index (χ3v) is 7.30. The maximum absolute atomic E-state index is 13.8. The Morgan fingerprint density at radius 3 is 2.19 bits per heavy atom. The molecule has 1 atom stereocenters. The van der Waals surface area contributed by atoms with Crippen molar-refractivity contribution in [2.75, 3.05) is 0 Å². The number of hydrogen-bond donors (Lipinski definition) is 2. The number of carbonyl (C=O) groups is 1. The lowest BCUT2D eigenvalue weighted by atomic mass is 9.84. The Bertz CT molecular complexity index is 2150. The van der Waals surface area contributed by atoms with Crippen molar-refractivity contribution in [1.82, 2.24) is 0 Å². The zero-order chi connectivity index (χ0) is 29.9. The topological polar surface area (TPSA) is 136 Å². The first-order chi connectivity index (χ1) is 20.9. The van der Waals surface area contributed by atoms with Gasteiger partial charge in [-0.15, -0.1) is 10.2 Å². The Balaban J connectivity index is 1.57. The van der Waals surface area contributed by atoms with Crippen LogP contribution in [0, 0.1) is 0 Å². The lowest BCUT2D eigenvalue weighted by Crippen LogP contribution is -2.21. The van der Waals surface area contributed by atoms with Crippen molar-refractivity contribution in [3.8, 4) is 11.5 Å². The van der Waals surface area contributed by atoms with Crippen LogP contribution < -0.4 is 9.81 Å². The highest BCUT2D eigenvalue weighted by molar-refractivity contribution is 7.67. The second kappa shape index (κ2) is 11.7. The molecule has 0 aliphatic heterocycles. The van der Waals surface area contributed by atoms with E-state index in [2.05, 4.69) is 10.2 Å². The first kappa shape index (κ1) is 27.6. The molecule has 0 saturated carbocycles. The van der Waals surface area contributed by atoms with Gasteiger partial charge in [-0.2, -0.15) is 8.42 Å². The molecule has 0 aliphatic rings. The summed E-state index contributed by atoms with van der Waals surface area (Å²) in [4.78, 5) is 27.4. The van der Waals surface area contributed by atoms with Crippen molar-refractivity contribution in [2.24, 2.45) is 10.2 Å². The summed E-state index contributed by atoms with van der Waals surface area (Å²) in [5, 5.41) is 21.8. The largest absolute Gasteiger partial charge is 0.507 e. The quantitative estimate of drug-likeness (QED) is 0.0844. The first-order valence-electron chi connectivity index (χ1n) is 13.1. The number of nitrogens with zero attached hydrogens (tertiary/aromatic N) is 2. The Labute approximate surface area is 246 Å². The van der Waals surface area contributed by atoms with Crippen LogP contribution in [-0.2, 0) is 11.0 Å². The molecule has 0 aliphatic carbocycles. The Morgan fingerprint density at radius 2 is 1.44 bits per heavy atom. The molecular formula is C33H22N2O7S. The fraction of sp³-hybridized carbons (Fsp3) is 0.0303.